The van der Waals surface area contributed by atoms with Crippen LogP contribution in [-0.2, 0) is 4.79 Å². The number of amidine groups is 1. The molecular formula is C9H13N5O2. The largest absolute Gasteiger partial charge is 0.409 e. The number of aryl methyl sites for hydroxylation is 1. The minimum atomic E-state index is -0.198. The van der Waals surface area contributed by atoms with Crippen molar-refractivity contribution in [2.45, 2.75) is 20.3 Å². The molecule has 0 saturated heterocycles. The van der Waals surface area contributed by atoms with E-state index in [1.165, 1.54) is 0 Å². The lowest BCUT2D eigenvalue weighted by molar-refractivity contribution is -0.115. The monoisotopic (exact) mass is 223 g/mol. The van der Waals surface area contributed by atoms with E-state index in [0.717, 1.165) is 0 Å². The molecule has 4 N–H and O–H groups in total. The zero-order valence-electron chi connectivity index (χ0n) is 9.06. The van der Waals surface area contributed by atoms with Crippen LogP contribution in [0.3, 0.4) is 0 Å². The Hall–Kier alpha value is -2.18. The lowest BCUT2D eigenvalue weighted by Gasteiger charge is -2.05. The quantitative estimate of drug-likeness (QED) is 0.294. The summed E-state index contributed by atoms with van der Waals surface area (Å²) in [7, 11) is 0. The average Bonchev–Trinajstić information content (AvgIpc) is 2.27. The summed E-state index contributed by atoms with van der Waals surface area (Å²) in [6.45, 7) is 3.44. The fourth-order valence-corrected chi connectivity index (χ4v) is 1.02. The molecule has 0 aliphatic carbocycles. The summed E-state index contributed by atoms with van der Waals surface area (Å²) in [4.78, 5) is 19.1. The number of carbonyl (C=O) groups is 1. The first-order valence-corrected chi connectivity index (χ1v) is 4.70. The Bertz CT molecular complexity index is 430. The molecule has 16 heavy (non-hydrogen) atoms. The number of anilines is 1. The van der Waals surface area contributed by atoms with Crippen LogP contribution in [0.5, 0.6) is 0 Å². The molecule has 0 aliphatic heterocycles. The lowest BCUT2D eigenvalue weighted by atomic mass is 10.3. The molecule has 1 aromatic rings. The van der Waals surface area contributed by atoms with E-state index >= 15 is 0 Å². The van der Waals surface area contributed by atoms with Crippen LogP contribution >= 0.6 is 0 Å². The summed E-state index contributed by atoms with van der Waals surface area (Å²) in [5.41, 5.74) is 6.27. The maximum absolute atomic E-state index is 11.1. The van der Waals surface area contributed by atoms with Crippen molar-refractivity contribution in [1.82, 2.24) is 9.97 Å². The van der Waals surface area contributed by atoms with Gasteiger partial charge in [-0.15, -0.1) is 0 Å². The van der Waals surface area contributed by atoms with Crippen LogP contribution in [0.1, 0.15) is 24.7 Å². The first-order valence-electron chi connectivity index (χ1n) is 4.70. The van der Waals surface area contributed by atoms with Gasteiger partial charge in [-0.2, -0.15) is 0 Å². The van der Waals surface area contributed by atoms with Crippen LogP contribution in [0.15, 0.2) is 11.2 Å². The second-order valence-electron chi connectivity index (χ2n) is 3.11. The van der Waals surface area contributed by atoms with Gasteiger partial charge in [0.25, 0.3) is 0 Å². The highest BCUT2D eigenvalue weighted by molar-refractivity contribution is 5.96. The summed E-state index contributed by atoms with van der Waals surface area (Å²) >= 11 is 0. The number of amides is 1. The van der Waals surface area contributed by atoms with Crippen molar-refractivity contribution in [2.24, 2.45) is 10.9 Å². The van der Waals surface area contributed by atoms with Crippen LogP contribution in [0.2, 0.25) is 0 Å². The van der Waals surface area contributed by atoms with E-state index in [4.69, 9.17) is 10.9 Å². The number of nitrogens with zero attached hydrogens (tertiary/aromatic N) is 3. The molecular weight excluding hydrogens is 210 g/mol. The Kier molecular flexibility index (Phi) is 3.76. The molecule has 0 radical (unpaired) electrons. The number of aromatic nitrogens is 2. The molecule has 0 spiro atoms. The average molecular weight is 223 g/mol. The van der Waals surface area contributed by atoms with E-state index in [2.05, 4.69) is 20.4 Å². The molecule has 1 rings (SSSR count). The molecule has 0 unspecified atom stereocenters. The molecule has 0 saturated carbocycles. The number of rotatable bonds is 3. The van der Waals surface area contributed by atoms with Crippen molar-refractivity contribution in [3.05, 3.63) is 17.5 Å². The van der Waals surface area contributed by atoms with Gasteiger partial charge in [-0.3, -0.25) is 10.1 Å². The van der Waals surface area contributed by atoms with Gasteiger partial charge in [0.05, 0.1) is 0 Å². The Balaban J connectivity index is 3.03. The zero-order valence-corrected chi connectivity index (χ0v) is 9.06. The third kappa shape index (κ3) is 2.91. The van der Waals surface area contributed by atoms with E-state index in [9.17, 15) is 4.79 Å². The van der Waals surface area contributed by atoms with Crippen molar-refractivity contribution in [3.63, 3.8) is 0 Å². The molecule has 0 aliphatic rings. The van der Waals surface area contributed by atoms with Gasteiger partial charge in [0, 0.05) is 12.1 Å². The van der Waals surface area contributed by atoms with Gasteiger partial charge >= 0.3 is 0 Å². The van der Waals surface area contributed by atoms with E-state index < -0.39 is 0 Å². The smallest absolute Gasteiger partial charge is 0.230 e. The van der Waals surface area contributed by atoms with Crippen molar-refractivity contribution in [2.75, 3.05) is 5.32 Å². The molecule has 0 fully saturated rings. The fourth-order valence-electron chi connectivity index (χ4n) is 1.02. The van der Waals surface area contributed by atoms with E-state index in [1.54, 1.807) is 19.9 Å². The normalized spacial score (nSPS) is 11.2. The number of hydrogen-bond acceptors (Lipinski definition) is 5. The van der Waals surface area contributed by atoms with E-state index in [1.807, 2.05) is 0 Å². The molecule has 7 nitrogen and oxygen atoms in total. The minimum Gasteiger partial charge on any atom is -0.409 e. The van der Waals surface area contributed by atoms with Crippen LogP contribution < -0.4 is 11.1 Å². The van der Waals surface area contributed by atoms with Crippen molar-refractivity contribution >= 4 is 17.7 Å². The van der Waals surface area contributed by atoms with Gasteiger partial charge in [-0.25, -0.2) is 9.97 Å². The Morgan fingerprint density at radius 2 is 2.31 bits per heavy atom. The highest BCUT2D eigenvalue weighted by atomic mass is 16.4. The molecule has 0 aromatic carbocycles. The van der Waals surface area contributed by atoms with E-state index in [-0.39, 0.29) is 23.4 Å². The van der Waals surface area contributed by atoms with Crippen LogP contribution in [0.4, 0.5) is 5.95 Å². The maximum Gasteiger partial charge on any atom is 0.230 e. The topological polar surface area (TPSA) is 113 Å². The van der Waals surface area contributed by atoms with Gasteiger partial charge in [0.15, 0.2) is 5.84 Å². The van der Waals surface area contributed by atoms with Crippen molar-refractivity contribution in [1.29, 1.82) is 0 Å². The SMILES string of the molecule is CCC(=O)Nc1nc(C)cc(C(N)=NO)n1. The summed E-state index contributed by atoms with van der Waals surface area (Å²) < 4.78 is 0. The highest BCUT2D eigenvalue weighted by Crippen LogP contribution is 2.05. The lowest BCUT2D eigenvalue weighted by Crippen LogP contribution is -2.19. The third-order valence-electron chi connectivity index (χ3n) is 1.80. The fraction of sp³-hybridized carbons (Fsp3) is 0.333. The van der Waals surface area contributed by atoms with Gasteiger partial charge in [0.2, 0.25) is 11.9 Å². The summed E-state index contributed by atoms with van der Waals surface area (Å²) in [6, 6.07) is 1.55. The molecule has 86 valence electrons. The minimum absolute atomic E-state index is 0.127. The number of nitrogens with two attached hydrogens (primary N) is 1. The molecule has 0 atom stereocenters. The van der Waals surface area contributed by atoms with Crippen LogP contribution in [0, 0.1) is 6.92 Å². The number of oxime groups is 1. The van der Waals surface area contributed by atoms with Gasteiger partial charge < -0.3 is 10.9 Å². The molecule has 7 heteroatoms. The molecule has 1 heterocycles. The van der Waals surface area contributed by atoms with Gasteiger partial charge in [-0.1, -0.05) is 12.1 Å². The predicted octanol–water partition coefficient (Wildman–Crippen LogP) is 0.228. The second-order valence-corrected chi connectivity index (χ2v) is 3.11. The summed E-state index contributed by atoms with van der Waals surface area (Å²) in [5, 5.41) is 13.8. The van der Waals surface area contributed by atoms with Crippen LogP contribution in [-0.4, -0.2) is 26.9 Å². The molecule has 1 amide bonds. The van der Waals surface area contributed by atoms with Crippen molar-refractivity contribution < 1.29 is 10.0 Å². The molecule has 0 bridgehead atoms. The Labute approximate surface area is 92.4 Å². The first-order chi connectivity index (χ1) is 7.56. The third-order valence-corrected chi connectivity index (χ3v) is 1.80. The Morgan fingerprint density at radius 3 is 2.88 bits per heavy atom. The van der Waals surface area contributed by atoms with Gasteiger partial charge in [-0.05, 0) is 13.0 Å². The highest BCUT2D eigenvalue weighted by Gasteiger charge is 2.07. The number of nitrogens with one attached hydrogen (secondary N) is 1. The summed E-state index contributed by atoms with van der Waals surface area (Å²) in [6.07, 6.45) is 0.330. The number of carbonyl (C=O) groups excluding carboxylic acids is 1. The predicted molar refractivity (Wildman–Crippen MR) is 58.2 cm³/mol. The zero-order chi connectivity index (χ0) is 12.1. The maximum atomic E-state index is 11.1. The Morgan fingerprint density at radius 1 is 1.62 bits per heavy atom. The van der Waals surface area contributed by atoms with Crippen LogP contribution in [0.25, 0.3) is 0 Å². The van der Waals surface area contributed by atoms with Gasteiger partial charge in [0.1, 0.15) is 5.69 Å². The first kappa shape index (κ1) is 11.9. The number of hydrogen-bond donors (Lipinski definition) is 3. The summed E-state index contributed by atoms with van der Waals surface area (Å²) in [5.74, 6) is -0.179. The van der Waals surface area contributed by atoms with Crippen molar-refractivity contribution in [3.8, 4) is 0 Å². The molecule has 1 aromatic heterocycles. The van der Waals surface area contributed by atoms with E-state index in [0.29, 0.717) is 12.1 Å². The second kappa shape index (κ2) is 5.06. The standard InChI is InChI=1S/C9H13N5O2/c1-3-7(15)13-9-11-5(2)4-6(12-9)8(10)14-16/h4,16H,3H2,1-2H3,(H2,10,14)(H,11,12,13,15).